The molecule has 1 aliphatic rings. The van der Waals surface area contributed by atoms with Gasteiger partial charge in [0.15, 0.2) is 0 Å². The summed E-state index contributed by atoms with van der Waals surface area (Å²) in [5.41, 5.74) is 8.57. The van der Waals surface area contributed by atoms with Crippen LogP contribution in [-0.2, 0) is 0 Å². The highest BCUT2D eigenvalue weighted by atomic mass is 32.1. The lowest BCUT2D eigenvalue weighted by Gasteiger charge is -2.06. The van der Waals surface area contributed by atoms with Crippen LogP contribution in [0.3, 0.4) is 0 Å². The highest BCUT2D eigenvalue weighted by Gasteiger charge is 2.27. The minimum absolute atomic E-state index is 0.342. The topological polar surface area (TPSA) is 49.6 Å². The largest absolute Gasteiger partial charge is 0.305 e. The maximum Gasteiger partial charge on any atom is 0.124 e. The number of allylic oxidation sites excluding steroid dienone is 2. The molecule has 0 bridgehead atoms. The Hall–Kier alpha value is -3.93. The molecule has 5 heteroatoms. The summed E-state index contributed by atoms with van der Waals surface area (Å²) in [7, 11) is 0. The Morgan fingerprint density at radius 2 is 1.14 bits per heavy atom. The van der Waals surface area contributed by atoms with Crippen LogP contribution >= 0.6 is 22.7 Å². The smallest absolute Gasteiger partial charge is 0.124 e. The molecule has 0 saturated carbocycles. The van der Waals surface area contributed by atoms with E-state index in [1.54, 1.807) is 22.7 Å². The zero-order valence-corrected chi connectivity index (χ0v) is 20.9. The lowest BCUT2D eigenvalue weighted by atomic mass is 9.99. The molecule has 0 spiro atoms. The van der Waals surface area contributed by atoms with E-state index in [0.29, 0.717) is 11.6 Å². The summed E-state index contributed by atoms with van der Waals surface area (Å²) < 4.78 is 2.41. The van der Waals surface area contributed by atoms with E-state index in [-0.39, 0.29) is 0 Å². The molecule has 0 fully saturated rings. The average molecular weight is 500 g/mol. The summed E-state index contributed by atoms with van der Waals surface area (Å²) in [5.74, 6) is 0.342. The third-order valence-corrected chi connectivity index (χ3v) is 8.80. The van der Waals surface area contributed by atoms with E-state index in [9.17, 15) is 0 Å². The monoisotopic (exact) mass is 499 g/mol. The SMILES string of the molecule is N=C(CC1C=C1c1ccc(-c2nc3ccccc3s2)cc1)c1ccc(-c2nc3ccccc3s2)cc1. The Kier molecular flexibility index (Phi) is 5.12. The van der Waals surface area contributed by atoms with Gasteiger partial charge in [-0.05, 0) is 47.4 Å². The van der Waals surface area contributed by atoms with Gasteiger partial charge in [-0.25, -0.2) is 9.97 Å². The van der Waals surface area contributed by atoms with Gasteiger partial charge in [0.1, 0.15) is 10.0 Å². The molecule has 7 rings (SSSR count). The third-order valence-electron chi connectivity index (χ3n) is 6.63. The maximum absolute atomic E-state index is 8.66. The molecule has 172 valence electrons. The van der Waals surface area contributed by atoms with Gasteiger partial charge >= 0.3 is 0 Å². The second-order valence-corrected chi connectivity index (χ2v) is 11.1. The van der Waals surface area contributed by atoms with Crippen LogP contribution in [0.4, 0.5) is 0 Å². The van der Waals surface area contributed by atoms with Crippen molar-refractivity contribution in [2.75, 3.05) is 0 Å². The molecule has 1 N–H and O–H groups in total. The van der Waals surface area contributed by atoms with Gasteiger partial charge < -0.3 is 5.41 Å². The van der Waals surface area contributed by atoms with Gasteiger partial charge in [-0.15, -0.1) is 22.7 Å². The predicted molar refractivity (Wildman–Crippen MR) is 153 cm³/mol. The molecule has 0 saturated heterocycles. The van der Waals surface area contributed by atoms with Crippen molar-refractivity contribution in [3.05, 3.63) is 114 Å². The number of benzene rings is 4. The van der Waals surface area contributed by atoms with Gasteiger partial charge in [0.05, 0.1) is 20.4 Å². The van der Waals surface area contributed by atoms with Gasteiger partial charge in [0.2, 0.25) is 0 Å². The normalized spacial score (nSPS) is 14.8. The van der Waals surface area contributed by atoms with Crippen LogP contribution in [0.25, 0.3) is 47.1 Å². The van der Waals surface area contributed by atoms with Crippen molar-refractivity contribution in [1.29, 1.82) is 5.41 Å². The number of rotatable bonds is 6. The van der Waals surface area contributed by atoms with Gasteiger partial charge in [0.25, 0.3) is 0 Å². The van der Waals surface area contributed by atoms with Crippen molar-refractivity contribution >= 4 is 54.4 Å². The zero-order chi connectivity index (χ0) is 24.1. The van der Waals surface area contributed by atoms with Crippen LogP contribution in [0.1, 0.15) is 17.5 Å². The molecule has 4 aromatic carbocycles. The minimum atomic E-state index is 0.342. The summed E-state index contributed by atoms with van der Waals surface area (Å²) in [6, 6.07) is 33.5. The van der Waals surface area contributed by atoms with E-state index in [0.717, 1.165) is 44.2 Å². The molecule has 1 aliphatic carbocycles. The first-order chi connectivity index (χ1) is 17.7. The minimum Gasteiger partial charge on any atom is -0.305 e. The molecule has 3 nitrogen and oxygen atoms in total. The molecular formula is C31H21N3S2. The molecule has 0 radical (unpaired) electrons. The number of thiazole rings is 2. The number of aromatic nitrogens is 2. The van der Waals surface area contributed by atoms with E-state index < -0.39 is 0 Å². The summed E-state index contributed by atoms with van der Waals surface area (Å²) in [4.78, 5) is 9.52. The summed E-state index contributed by atoms with van der Waals surface area (Å²) >= 11 is 3.44. The Morgan fingerprint density at radius 3 is 1.69 bits per heavy atom. The maximum atomic E-state index is 8.66. The summed E-state index contributed by atoms with van der Waals surface area (Å²) in [6.07, 6.45) is 3.01. The van der Waals surface area contributed by atoms with Crippen LogP contribution in [0.5, 0.6) is 0 Å². The molecule has 1 atom stereocenters. The highest BCUT2D eigenvalue weighted by molar-refractivity contribution is 7.22. The number of fused-ring (bicyclic) bond motifs is 2. The van der Waals surface area contributed by atoms with Crippen molar-refractivity contribution in [3.8, 4) is 21.1 Å². The standard InChI is InChI=1S/C31H21N3S2/c32-25(20-11-15-22(16-12-20)31-34-27-6-2-4-8-29(27)36-31)18-23-17-24(23)19-9-13-21(14-10-19)30-33-26-5-1-3-7-28(26)35-30/h1-17,23,32H,18H2. The second kappa shape index (κ2) is 8.63. The predicted octanol–water partition coefficient (Wildman–Crippen LogP) is 8.71. The zero-order valence-electron chi connectivity index (χ0n) is 19.3. The van der Waals surface area contributed by atoms with Crippen molar-refractivity contribution in [3.63, 3.8) is 0 Å². The van der Waals surface area contributed by atoms with Crippen molar-refractivity contribution in [2.45, 2.75) is 6.42 Å². The van der Waals surface area contributed by atoms with Crippen LogP contribution in [-0.4, -0.2) is 15.7 Å². The van der Waals surface area contributed by atoms with E-state index >= 15 is 0 Å². The highest BCUT2D eigenvalue weighted by Crippen LogP contribution is 2.42. The Labute approximate surface area is 217 Å². The summed E-state index contributed by atoms with van der Waals surface area (Å²) in [5, 5.41) is 10.7. The second-order valence-electron chi connectivity index (χ2n) is 9.04. The van der Waals surface area contributed by atoms with Gasteiger partial charge in [-0.3, -0.25) is 0 Å². The van der Waals surface area contributed by atoms with Crippen LogP contribution in [0, 0.1) is 11.3 Å². The Morgan fingerprint density at radius 1 is 0.639 bits per heavy atom. The molecule has 1 unspecified atom stereocenters. The van der Waals surface area contributed by atoms with Gasteiger partial charge in [-0.2, -0.15) is 0 Å². The average Bonchev–Trinajstić information content (AvgIpc) is 3.34. The molecule has 36 heavy (non-hydrogen) atoms. The fraction of sp³-hybridized carbons (Fsp3) is 0.0645. The van der Waals surface area contributed by atoms with E-state index in [1.165, 1.54) is 20.5 Å². The fourth-order valence-electron chi connectivity index (χ4n) is 4.60. The molecule has 2 heterocycles. The van der Waals surface area contributed by atoms with E-state index in [2.05, 4.69) is 78.9 Å². The molecular weight excluding hydrogens is 478 g/mol. The molecule has 6 aromatic rings. The number of nitrogens with one attached hydrogen (secondary N) is 1. The van der Waals surface area contributed by atoms with Crippen molar-refractivity contribution < 1.29 is 0 Å². The lowest BCUT2D eigenvalue weighted by molar-refractivity contribution is 0.983. The van der Waals surface area contributed by atoms with E-state index in [1.807, 2.05) is 24.3 Å². The van der Waals surface area contributed by atoms with Gasteiger partial charge in [-0.1, -0.05) is 78.9 Å². The molecule has 2 aromatic heterocycles. The van der Waals surface area contributed by atoms with Gasteiger partial charge in [0, 0.05) is 22.8 Å². The number of hydrogen-bond donors (Lipinski definition) is 1. The summed E-state index contributed by atoms with van der Waals surface area (Å²) in [6.45, 7) is 0. The fourth-order valence-corrected chi connectivity index (χ4v) is 6.54. The quantitative estimate of drug-likeness (QED) is 0.233. The molecule has 0 aliphatic heterocycles. The third kappa shape index (κ3) is 3.96. The van der Waals surface area contributed by atoms with Crippen molar-refractivity contribution in [1.82, 2.24) is 9.97 Å². The first-order valence-electron chi connectivity index (χ1n) is 11.9. The van der Waals surface area contributed by atoms with Crippen LogP contribution in [0.15, 0.2) is 103 Å². The molecule has 0 amide bonds. The Balaban J connectivity index is 1.01. The van der Waals surface area contributed by atoms with Crippen LogP contribution in [0.2, 0.25) is 0 Å². The number of hydrogen-bond acceptors (Lipinski definition) is 5. The van der Waals surface area contributed by atoms with Crippen LogP contribution < -0.4 is 0 Å². The first-order valence-corrected chi connectivity index (χ1v) is 13.6. The lowest BCUT2D eigenvalue weighted by Crippen LogP contribution is -2.01. The number of nitrogens with zero attached hydrogens (tertiary/aromatic N) is 2. The first kappa shape index (κ1) is 21.4. The number of para-hydroxylation sites is 2. The van der Waals surface area contributed by atoms with E-state index in [4.69, 9.17) is 15.4 Å². The van der Waals surface area contributed by atoms with Crippen molar-refractivity contribution in [2.24, 2.45) is 5.92 Å². The Bertz CT molecular complexity index is 1710.